The highest BCUT2D eigenvalue weighted by Gasteiger charge is 2.22. The summed E-state index contributed by atoms with van der Waals surface area (Å²) < 4.78 is 11.3. The Morgan fingerprint density at radius 1 is 0.404 bits per heavy atom. The van der Waals surface area contributed by atoms with Gasteiger partial charge in [0, 0.05) is 54.3 Å². The highest BCUT2D eigenvalue weighted by molar-refractivity contribution is 6.23. The van der Waals surface area contributed by atoms with Crippen LogP contribution in [0, 0.1) is 0 Å². The van der Waals surface area contributed by atoms with Crippen molar-refractivity contribution in [3.63, 3.8) is 0 Å². The predicted molar refractivity (Wildman–Crippen MR) is 236 cm³/mol. The number of fused-ring (bicyclic) bond motifs is 14. The third kappa shape index (κ3) is 4.23. The van der Waals surface area contributed by atoms with Crippen molar-refractivity contribution in [3.8, 4) is 22.9 Å². The molecule has 0 unspecified atom stereocenters. The number of furan rings is 1. The fourth-order valence-electron chi connectivity index (χ4n) is 9.43. The molecule has 0 saturated carbocycles. The van der Waals surface area contributed by atoms with Crippen molar-refractivity contribution in [2.75, 3.05) is 0 Å². The van der Waals surface area contributed by atoms with Gasteiger partial charge in [-0.25, -0.2) is 9.97 Å². The van der Waals surface area contributed by atoms with Crippen LogP contribution in [0.3, 0.4) is 0 Å². The second-order valence-corrected chi connectivity index (χ2v) is 14.9. The Morgan fingerprint density at radius 3 is 1.96 bits per heavy atom. The molecule has 0 aliphatic rings. The zero-order chi connectivity index (χ0) is 37.2. The van der Waals surface area contributed by atoms with Crippen LogP contribution in [0.25, 0.3) is 121 Å². The molecule has 0 aliphatic heterocycles. The molecule has 5 heteroatoms. The Kier molecular flexibility index (Phi) is 6.10. The third-order valence-electron chi connectivity index (χ3n) is 11.9. The zero-order valence-corrected chi connectivity index (χ0v) is 30.5. The summed E-state index contributed by atoms with van der Waals surface area (Å²) in [5.41, 5.74) is 9.92. The summed E-state index contributed by atoms with van der Waals surface area (Å²) in [4.78, 5) is 10.8. The minimum Gasteiger partial charge on any atom is -0.455 e. The van der Waals surface area contributed by atoms with E-state index in [1.54, 1.807) is 0 Å². The lowest BCUT2D eigenvalue weighted by molar-refractivity contribution is 0.670. The average Bonchev–Trinajstić information content (AvgIpc) is 3.94. The van der Waals surface area contributed by atoms with E-state index in [9.17, 15) is 0 Å². The molecule has 5 nitrogen and oxygen atoms in total. The average molecular weight is 727 g/mol. The number of hydrogen-bond acceptors (Lipinski definition) is 3. The molecule has 9 aromatic carbocycles. The standard InChI is InChI=1S/C52H30N4O/c1-3-14-34-31(12-1)25-28-46-48(34)42-30-33(55-44-22-9-6-16-36(44)38-27-24-32-13-2-4-15-35(32)50(38)55)26-29-45(42)56(46)52-53-43-21-8-5-18-40(43)49(54-52)41-20-11-19-39-37-17-7-10-23-47(37)57-51(39)41/h1-30H. The third-order valence-corrected chi connectivity index (χ3v) is 11.9. The number of para-hydroxylation sites is 4. The SMILES string of the molecule is c1ccc2c(c1)ccc1c2c2cc(-n3c4ccccc4c4ccc5ccccc5c43)ccc2n1-c1nc(-c2cccc3c2oc2ccccc23)c2ccccc2n1. The van der Waals surface area contributed by atoms with Gasteiger partial charge in [0.1, 0.15) is 11.2 Å². The lowest BCUT2D eigenvalue weighted by Crippen LogP contribution is -2.03. The van der Waals surface area contributed by atoms with E-state index >= 15 is 0 Å². The Bertz CT molecular complexity index is 3830. The molecule has 4 aromatic heterocycles. The molecule has 0 saturated heterocycles. The first-order valence-electron chi connectivity index (χ1n) is 19.3. The van der Waals surface area contributed by atoms with Gasteiger partial charge in [0.25, 0.3) is 0 Å². The second kappa shape index (κ2) is 11.4. The van der Waals surface area contributed by atoms with Crippen molar-refractivity contribution >= 4 is 98.0 Å². The van der Waals surface area contributed by atoms with Crippen LogP contribution in [0.2, 0.25) is 0 Å². The lowest BCUT2D eigenvalue weighted by Gasteiger charge is -2.13. The van der Waals surface area contributed by atoms with Crippen LogP contribution in [0.5, 0.6) is 0 Å². The number of rotatable bonds is 3. The molecule has 0 spiro atoms. The Labute approximate surface area is 325 Å². The first-order chi connectivity index (χ1) is 28.3. The minimum atomic E-state index is 0.614. The van der Waals surface area contributed by atoms with E-state index in [4.69, 9.17) is 14.4 Å². The molecule has 0 aliphatic carbocycles. The van der Waals surface area contributed by atoms with E-state index in [0.717, 1.165) is 66.2 Å². The van der Waals surface area contributed by atoms with Crippen LogP contribution < -0.4 is 0 Å². The van der Waals surface area contributed by atoms with E-state index in [1.165, 1.54) is 48.7 Å². The fourth-order valence-corrected chi connectivity index (χ4v) is 9.43. The summed E-state index contributed by atoms with van der Waals surface area (Å²) in [5.74, 6) is 0.614. The van der Waals surface area contributed by atoms with Crippen LogP contribution in [0.1, 0.15) is 0 Å². The maximum Gasteiger partial charge on any atom is 0.235 e. The summed E-state index contributed by atoms with van der Waals surface area (Å²) in [7, 11) is 0. The molecule has 57 heavy (non-hydrogen) atoms. The monoisotopic (exact) mass is 726 g/mol. The number of hydrogen-bond donors (Lipinski definition) is 0. The molecular formula is C52H30N4O. The molecule has 264 valence electrons. The topological polar surface area (TPSA) is 48.8 Å². The highest BCUT2D eigenvalue weighted by Crippen LogP contribution is 2.42. The van der Waals surface area contributed by atoms with Gasteiger partial charge >= 0.3 is 0 Å². The van der Waals surface area contributed by atoms with Crippen molar-refractivity contribution in [3.05, 3.63) is 182 Å². The molecular weight excluding hydrogens is 697 g/mol. The number of benzene rings is 9. The van der Waals surface area contributed by atoms with Crippen LogP contribution in [0.15, 0.2) is 186 Å². The van der Waals surface area contributed by atoms with E-state index in [2.05, 4.69) is 173 Å². The molecule has 13 rings (SSSR count). The van der Waals surface area contributed by atoms with Gasteiger partial charge in [-0.2, -0.15) is 0 Å². The normalized spacial score (nSPS) is 12.2. The Hall–Kier alpha value is -7.76. The van der Waals surface area contributed by atoms with Gasteiger partial charge in [0.05, 0.1) is 33.3 Å². The summed E-state index contributed by atoms with van der Waals surface area (Å²) in [6.45, 7) is 0. The molecule has 13 aromatic rings. The minimum absolute atomic E-state index is 0.614. The molecule has 0 N–H and O–H groups in total. The van der Waals surface area contributed by atoms with Crippen molar-refractivity contribution < 1.29 is 4.42 Å². The van der Waals surface area contributed by atoms with Crippen molar-refractivity contribution in [2.45, 2.75) is 0 Å². The van der Waals surface area contributed by atoms with Crippen molar-refractivity contribution in [1.82, 2.24) is 19.1 Å². The molecule has 4 heterocycles. The molecule has 0 bridgehead atoms. The van der Waals surface area contributed by atoms with E-state index in [-0.39, 0.29) is 0 Å². The quantitative estimate of drug-likeness (QED) is 0.182. The van der Waals surface area contributed by atoms with Gasteiger partial charge < -0.3 is 8.98 Å². The molecule has 0 fully saturated rings. The first-order valence-corrected chi connectivity index (χ1v) is 19.3. The Balaban J connectivity index is 1.14. The van der Waals surface area contributed by atoms with Gasteiger partial charge in [-0.15, -0.1) is 0 Å². The van der Waals surface area contributed by atoms with Gasteiger partial charge in [0.15, 0.2) is 0 Å². The molecule has 0 atom stereocenters. The van der Waals surface area contributed by atoms with Gasteiger partial charge in [0.2, 0.25) is 5.95 Å². The summed E-state index contributed by atoms with van der Waals surface area (Å²) in [6, 6.07) is 64.8. The van der Waals surface area contributed by atoms with E-state index in [0.29, 0.717) is 5.95 Å². The van der Waals surface area contributed by atoms with Gasteiger partial charge in [-0.05, 0) is 64.7 Å². The maximum absolute atomic E-state index is 6.57. The zero-order valence-electron chi connectivity index (χ0n) is 30.5. The van der Waals surface area contributed by atoms with Crippen LogP contribution in [-0.4, -0.2) is 19.1 Å². The maximum atomic E-state index is 6.57. The lowest BCUT2D eigenvalue weighted by atomic mass is 10.0. The van der Waals surface area contributed by atoms with E-state index in [1.807, 2.05) is 18.2 Å². The summed E-state index contributed by atoms with van der Waals surface area (Å²) >= 11 is 0. The van der Waals surface area contributed by atoms with Crippen LogP contribution in [0.4, 0.5) is 0 Å². The molecule has 0 amide bonds. The van der Waals surface area contributed by atoms with Crippen molar-refractivity contribution in [2.24, 2.45) is 0 Å². The highest BCUT2D eigenvalue weighted by atomic mass is 16.3. The van der Waals surface area contributed by atoms with E-state index < -0.39 is 0 Å². The second-order valence-electron chi connectivity index (χ2n) is 14.9. The predicted octanol–water partition coefficient (Wildman–Crippen LogP) is 13.7. The van der Waals surface area contributed by atoms with Gasteiger partial charge in [-0.3, -0.25) is 4.57 Å². The first kappa shape index (κ1) is 30.6. The fraction of sp³-hybridized carbons (Fsp3) is 0. The Morgan fingerprint density at radius 2 is 1.07 bits per heavy atom. The summed E-state index contributed by atoms with van der Waals surface area (Å²) in [5, 5.41) is 12.8. The molecule has 0 radical (unpaired) electrons. The smallest absolute Gasteiger partial charge is 0.235 e. The summed E-state index contributed by atoms with van der Waals surface area (Å²) in [6.07, 6.45) is 0. The van der Waals surface area contributed by atoms with Crippen LogP contribution in [-0.2, 0) is 0 Å². The van der Waals surface area contributed by atoms with Crippen molar-refractivity contribution in [1.29, 1.82) is 0 Å². The number of nitrogens with zero attached hydrogens (tertiary/aromatic N) is 4. The number of aromatic nitrogens is 4. The van der Waals surface area contributed by atoms with Gasteiger partial charge in [-0.1, -0.05) is 133 Å². The van der Waals surface area contributed by atoms with Crippen LogP contribution >= 0.6 is 0 Å². The largest absolute Gasteiger partial charge is 0.455 e.